The Hall–Kier alpha value is -2.95. The molecule has 1 aromatic heterocycles. The SMILES string of the molecule is CCc1nnc(-c2ccc(C=NNc3ccccc3)cc2)o1. The Morgan fingerprint density at radius 3 is 2.50 bits per heavy atom. The van der Waals surface area contributed by atoms with Gasteiger partial charge in [-0.2, -0.15) is 5.10 Å². The lowest BCUT2D eigenvalue weighted by molar-refractivity contribution is 0.513. The van der Waals surface area contributed by atoms with Gasteiger partial charge in [-0.25, -0.2) is 0 Å². The van der Waals surface area contributed by atoms with E-state index in [0.717, 1.165) is 23.2 Å². The lowest BCUT2D eigenvalue weighted by atomic mass is 10.1. The van der Waals surface area contributed by atoms with Crippen molar-refractivity contribution in [1.82, 2.24) is 10.2 Å². The van der Waals surface area contributed by atoms with Gasteiger partial charge in [-0.3, -0.25) is 5.43 Å². The van der Waals surface area contributed by atoms with Crippen molar-refractivity contribution in [2.45, 2.75) is 13.3 Å². The molecule has 22 heavy (non-hydrogen) atoms. The molecule has 3 aromatic rings. The fourth-order valence-electron chi connectivity index (χ4n) is 1.92. The van der Waals surface area contributed by atoms with Crippen LogP contribution in [0.1, 0.15) is 18.4 Å². The van der Waals surface area contributed by atoms with Gasteiger partial charge in [0.25, 0.3) is 0 Å². The molecule has 2 aromatic carbocycles. The van der Waals surface area contributed by atoms with E-state index in [-0.39, 0.29) is 0 Å². The van der Waals surface area contributed by atoms with E-state index >= 15 is 0 Å². The maximum atomic E-state index is 5.53. The monoisotopic (exact) mass is 292 g/mol. The van der Waals surface area contributed by atoms with Crippen LogP contribution >= 0.6 is 0 Å². The fraction of sp³-hybridized carbons (Fsp3) is 0.118. The van der Waals surface area contributed by atoms with Crippen molar-refractivity contribution < 1.29 is 4.42 Å². The third-order valence-electron chi connectivity index (χ3n) is 3.11. The summed E-state index contributed by atoms with van der Waals surface area (Å²) in [6, 6.07) is 17.6. The lowest BCUT2D eigenvalue weighted by Gasteiger charge is -1.99. The van der Waals surface area contributed by atoms with Crippen molar-refractivity contribution in [3.05, 3.63) is 66.1 Å². The maximum Gasteiger partial charge on any atom is 0.247 e. The summed E-state index contributed by atoms with van der Waals surface area (Å²) in [6.45, 7) is 1.98. The summed E-state index contributed by atoms with van der Waals surface area (Å²) in [5.41, 5.74) is 5.82. The van der Waals surface area contributed by atoms with Crippen molar-refractivity contribution in [3.63, 3.8) is 0 Å². The van der Waals surface area contributed by atoms with Crippen molar-refractivity contribution in [2.24, 2.45) is 5.10 Å². The van der Waals surface area contributed by atoms with E-state index in [1.165, 1.54) is 0 Å². The third kappa shape index (κ3) is 3.38. The van der Waals surface area contributed by atoms with Crippen molar-refractivity contribution in [3.8, 4) is 11.5 Å². The first-order chi connectivity index (χ1) is 10.8. The molecular formula is C17H16N4O. The smallest absolute Gasteiger partial charge is 0.247 e. The van der Waals surface area contributed by atoms with Crippen LogP contribution in [-0.2, 0) is 6.42 Å². The molecule has 0 aliphatic heterocycles. The average molecular weight is 292 g/mol. The molecule has 0 saturated heterocycles. The number of hydrazone groups is 1. The second-order valence-corrected chi connectivity index (χ2v) is 4.71. The van der Waals surface area contributed by atoms with Crippen LogP contribution in [0.3, 0.4) is 0 Å². The van der Waals surface area contributed by atoms with Crippen molar-refractivity contribution in [1.29, 1.82) is 0 Å². The lowest BCUT2D eigenvalue weighted by Crippen LogP contribution is -1.90. The van der Waals surface area contributed by atoms with Crippen LogP contribution in [0, 0.1) is 0 Å². The summed E-state index contributed by atoms with van der Waals surface area (Å²) >= 11 is 0. The summed E-state index contributed by atoms with van der Waals surface area (Å²) < 4.78 is 5.53. The number of hydrogen-bond acceptors (Lipinski definition) is 5. The molecule has 5 nitrogen and oxygen atoms in total. The molecule has 3 rings (SSSR count). The Kier molecular flexibility index (Phi) is 4.25. The molecule has 5 heteroatoms. The number of hydrogen-bond donors (Lipinski definition) is 1. The second-order valence-electron chi connectivity index (χ2n) is 4.71. The summed E-state index contributed by atoms with van der Waals surface area (Å²) in [5.74, 6) is 1.19. The van der Waals surface area contributed by atoms with E-state index < -0.39 is 0 Å². The van der Waals surface area contributed by atoms with E-state index in [2.05, 4.69) is 20.7 Å². The number of rotatable bonds is 5. The van der Waals surface area contributed by atoms with Crippen LogP contribution in [0.2, 0.25) is 0 Å². The zero-order chi connectivity index (χ0) is 15.2. The van der Waals surface area contributed by atoms with Crippen LogP contribution in [0.5, 0.6) is 0 Å². The quantitative estimate of drug-likeness (QED) is 0.574. The van der Waals surface area contributed by atoms with Crippen molar-refractivity contribution in [2.75, 3.05) is 5.43 Å². The molecule has 0 amide bonds. The molecule has 1 heterocycles. The fourth-order valence-corrected chi connectivity index (χ4v) is 1.92. The summed E-state index contributed by atoms with van der Waals surface area (Å²) in [5, 5.41) is 12.2. The Balaban J connectivity index is 1.66. The molecule has 0 spiro atoms. The topological polar surface area (TPSA) is 63.3 Å². The molecule has 0 unspecified atom stereocenters. The van der Waals surface area contributed by atoms with E-state index in [9.17, 15) is 0 Å². The number of aromatic nitrogens is 2. The Morgan fingerprint density at radius 1 is 1.05 bits per heavy atom. The molecule has 0 atom stereocenters. The highest BCUT2D eigenvalue weighted by Crippen LogP contribution is 2.18. The minimum absolute atomic E-state index is 0.544. The van der Waals surface area contributed by atoms with E-state index in [1.54, 1.807) is 6.21 Å². The molecule has 0 fully saturated rings. The Labute approximate surface area is 128 Å². The highest BCUT2D eigenvalue weighted by atomic mass is 16.4. The van der Waals surface area contributed by atoms with Gasteiger partial charge in [-0.1, -0.05) is 37.3 Å². The van der Waals surface area contributed by atoms with Gasteiger partial charge in [-0.15, -0.1) is 10.2 Å². The van der Waals surface area contributed by atoms with E-state index in [0.29, 0.717) is 11.8 Å². The van der Waals surface area contributed by atoms with Gasteiger partial charge in [0.15, 0.2) is 0 Å². The number of nitrogens with one attached hydrogen (secondary N) is 1. The van der Waals surface area contributed by atoms with Crippen LogP contribution in [-0.4, -0.2) is 16.4 Å². The van der Waals surface area contributed by atoms with E-state index in [1.807, 2.05) is 61.5 Å². The highest BCUT2D eigenvalue weighted by Gasteiger charge is 2.06. The number of benzene rings is 2. The zero-order valence-electron chi connectivity index (χ0n) is 12.2. The first-order valence-electron chi connectivity index (χ1n) is 7.12. The summed E-state index contributed by atoms with van der Waals surface area (Å²) in [7, 11) is 0. The molecule has 110 valence electrons. The van der Waals surface area contributed by atoms with Crippen LogP contribution < -0.4 is 5.43 Å². The zero-order valence-corrected chi connectivity index (χ0v) is 12.2. The number of para-hydroxylation sites is 1. The minimum atomic E-state index is 0.544. The summed E-state index contributed by atoms with van der Waals surface area (Å²) in [4.78, 5) is 0. The van der Waals surface area contributed by atoms with Gasteiger partial charge in [-0.05, 0) is 29.8 Å². The Bertz CT molecular complexity index is 748. The number of anilines is 1. The molecule has 1 N–H and O–H groups in total. The highest BCUT2D eigenvalue weighted by molar-refractivity contribution is 5.81. The van der Waals surface area contributed by atoms with Gasteiger partial charge < -0.3 is 4.42 Å². The number of nitrogens with zero attached hydrogens (tertiary/aromatic N) is 3. The van der Waals surface area contributed by atoms with E-state index in [4.69, 9.17) is 4.42 Å². The average Bonchev–Trinajstić information content (AvgIpc) is 3.06. The van der Waals surface area contributed by atoms with Crippen molar-refractivity contribution >= 4 is 11.9 Å². The predicted molar refractivity (Wildman–Crippen MR) is 86.8 cm³/mol. The second kappa shape index (κ2) is 6.67. The Morgan fingerprint density at radius 2 is 1.82 bits per heavy atom. The summed E-state index contributed by atoms with van der Waals surface area (Å²) in [6.07, 6.45) is 2.50. The molecule has 0 radical (unpaired) electrons. The normalized spacial score (nSPS) is 11.0. The van der Waals surface area contributed by atoms with Crippen LogP contribution in [0.25, 0.3) is 11.5 Å². The predicted octanol–water partition coefficient (Wildman–Crippen LogP) is 3.75. The van der Waals surface area contributed by atoms with Gasteiger partial charge in [0.1, 0.15) is 0 Å². The van der Waals surface area contributed by atoms with Crippen LogP contribution in [0.15, 0.2) is 64.1 Å². The van der Waals surface area contributed by atoms with Gasteiger partial charge in [0.2, 0.25) is 11.8 Å². The minimum Gasteiger partial charge on any atom is -0.421 e. The third-order valence-corrected chi connectivity index (χ3v) is 3.11. The molecule has 0 bridgehead atoms. The largest absolute Gasteiger partial charge is 0.421 e. The number of aryl methyl sites for hydroxylation is 1. The van der Waals surface area contributed by atoms with Gasteiger partial charge in [0, 0.05) is 12.0 Å². The molecule has 0 aliphatic carbocycles. The molecule has 0 saturated carbocycles. The van der Waals surface area contributed by atoms with Crippen LogP contribution in [0.4, 0.5) is 5.69 Å². The molecular weight excluding hydrogens is 276 g/mol. The standard InChI is InChI=1S/C17H16N4O/c1-2-16-20-21-17(22-16)14-10-8-13(9-11-14)12-18-19-15-6-4-3-5-7-15/h3-12,19H,2H2,1H3. The first kappa shape index (κ1) is 14.0. The maximum absolute atomic E-state index is 5.53. The van der Waals surface area contributed by atoms with Gasteiger partial charge in [0.05, 0.1) is 11.9 Å². The van der Waals surface area contributed by atoms with Gasteiger partial charge >= 0.3 is 0 Å². The first-order valence-corrected chi connectivity index (χ1v) is 7.12. The molecule has 0 aliphatic rings.